The van der Waals surface area contributed by atoms with Crippen LogP contribution >= 0.6 is 11.3 Å². The molecule has 1 N–H and O–H groups in total. The van der Waals surface area contributed by atoms with Crippen molar-refractivity contribution in [2.45, 2.75) is 25.5 Å². The van der Waals surface area contributed by atoms with Crippen LogP contribution in [0.15, 0.2) is 35.7 Å². The highest BCUT2D eigenvalue weighted by Gasteiger charge is 2.33. The molecule has 26 heavy (non-hydrogen) atoms. The van der Waals surface area contributed by atoms with Gasteiger partial charge in [-0.05, 0) is 18.4 Å². The summed E-state index contributed by atoms with van der Waals surface area (Å²) in [5.41, 5.74) is 2.12. The zero-order valence-electron chi connectivity index (χ0n) is 14.4. The number of nitrogens with zero attached hydrogens (tertiary/aromatic N) is 3. The fraction of sp³-hybridized carbons (Fsp3) is 0.316. The van der Waals surface area contributed by atoms with Crippen LogP contribution in [0.3, 0.4) is 0 Å². The van der Waals surface area contributed by atoms with E-state index in [2.05, 4.69) is 10.4 Å². The van der Waals surface area contributed by atoms with Gasteiger partial charge in [0.05, 0.1) is 5.39 Å². The molecule has 1 atom stereocenters. The topological polar surface area (TPSA) is 75.5 Å². The largest absolute Gasteiger partial charge is 0.480 e. The summed E-state index contributed by atoms with van der Waals surface area (Å²) in [4.78, 5) is 23.8. The number of fused-ring (bicyclic) bond motifs is 1. The van der Waals surface area contributed by atoms with Crippen LogP contribution in [0.4, 0.5) is 5.82 Å². The average molecular weight is 369 g/mol. The Labute approximate surface area is 155 Å². The van der Waals surface area contributed by atoms with E-state index in [9.17, 15) is 9.90 Å². The summed E-state index contributed by atoms with van der Waals surface area (Å²) in [5.74, 6) is 0.471. The minimum Gasteiger partial charge on any atom is -0.480 e. The zero-order valence-corrected chi connectivity index (χ0v) is 15.2. The van der Waals surface area contributed by atoms with Crippen molar-refractivity contribution in [3.63, 3.8) is 0 Å². The van der Waals surface area contributed by atoms with Crippen molar-refractivity contribution in [1.29, 1.82) is 0 Å². The van der Waals surface area contributed by atoms with E-state index in [4.69, 9.17) is 9.72 Å². The zero-order chi connectivity index (χ0) is 18.1. The van der Waals surface area contributed by atoms with Crippen LogP contribution in [0, 0.1) is 0 Å². The van der Waals surface area contributed by atoms with Crippen LogP contribution in [-0.2, 0) is 16.1 Å². The van der Waals surface area contributed by atoms with Crippen LogP contribution in [0.25, 0.3) is 21.3 Å². The Hall–Kier alpha value is -2.51. The predicted octanol–water partition coefficient (Wildman–Crippen LogP) is 3.56. The number of carbonyl (C=O) groups is 1. The third-order valence-electron chi connectivity index (χ3n) is 4.63. The third kappa shape index (κ3) is 2.93. The Morgan fingerprint density at radius 3 is 2.88 bits per heavy atom. The number of methoxy groups -OCH3 is 1. The summed E-state index contributed by atoms with van der Waals surface area (Å²) in [6.07, 6.45) is 1.47. The fourth-order valence-corrected chi connectivity index (χ4v) is 4.44. The lowest BCUT2D eigenvalue weighted by Crippen LogP contribution is -2.36. The van der Waals surface area contributed by atoms with Crippen LogP contribution in [0.2, 0.25) is 0 Å². The lowest BCUT2D eigenvalue weighted by Gasteiger charge is -2.24. The molecule has 0 unspecified atom stereocenters. The number of hydrogen-bond acceptors (Lipinski definition) is 6. The predicted molar refractivity (Wildman–Crippen MR) is 102 cm³/mol. The number of rotatable bonds is 5. The first-order valence-electron chi connectivity index (χ1n) is 8.51. The molecule has 0 bridgehead atoms. The second kappa shape index (κ2) is 7.01. The number of carboxylic acid groups (broad SMARTS) is 1. The van der Waals surface area contributed by atoms with Crippen molar-refractivity contribution in [2.75, 3.05) is 18.6 Å². The third-order valence-corrected chi connectivity index (χ3v) is 5.50. The number of anilines is 1. The first-order valence-corrected chi connectivity index (χ1v) is 9.39. The van der Waals surface area contributed by atoms with Gasteiger partial charge in [-0.2, -0.15) is 0 Å². The molecule has 0 aliphatic carbocycles. The molecule has 7 heteroatoms. The molecule has 3 aromatic rings. The van der Waals surface area contributed by atoms with Gasteiger partial charge in [-0.3, -0.25) is 0 Å². The fourth-order valence-electron chi connectivity index (χ4n) is 3.48. The number of aromatic nitrogens is 2. The molecule has 1 aliphatic heterocycles. The summed E-state index contributed by atoms with van der Waals surface area (Å²) in [6.45, 7) is 0.979. The van der Waals surface area contributed by atoms with E-state index >= 15 is 0 Å². The monoisotopic (exact) mass is 369 g/mol. The Balaban J connectivity index is 1.93. The lowest BCUT2D eigenvalue weighted by atomic mass is 10.1. The number of benzene rings is 1. The molecule has 3 heterocycles. The van der Waals surface area contributed by atoms with E-state index in [1.165, 1.54) is 0 Å². The molecule has 1 aliphatic rings. The number of carboxylic acids is 1. The second-order valence-electron chi connectivity index (χ2n) is 6.28. The van der Waals surface area contributed by atoms with Gasteiger partial charge in [0, 0.05) is 24.6 Å². The van der Waals surface area contributed by atoms with Gasteiger partial charge in [0.1, 0.15) is 23.3 Å². The van der Waals surface area contributed by atoms with Gasteiger partial charge in [0.25, 0.3) is 0 Å². The van der Waals surface area contributed by atoms with Gasteiger partial charge >= 0.3 is 5.97 Å². The van der Waals surface area contributed by atoms with Crippen molar-refractivity contribution < 1.29 is 14.6 Å². The Morgan fingerprint density at radius 2 is 2.15 bits per heavy atom. The van der Waals surface area contributed by atoms with E-state index < -0.39 is 12.0 Å². The van der Waals surface area contributed by atoms with Crippen molar-refractivity contribution >= 4 is 33.3 Å². The summed E-state index contributed by atoms with van der Waals surface area (Å²) in [7, 11) is 1.60. The minimum atomic E-state index is -0.806. The van der Waals surface area contributed by atoms with Crippen LogP contribution in [0.1, 0.15) is 18.7 Å². The Morgan fingerprint density at radius 1 is 1.35 bits per heavy atom. The van der Waals surface area contributed by atoms with Crippen molar-refractivity contribution in [3.8, 4) is 11.1 Å². The Kier molecular flexibility index (Phi) is 4.57. The standard InChI is InChI=1S/C19H19N3O3S/c1-25-10-15-20-17(22-9-5-8-14(22)19(23)24)16-13(11-26-18(16)21-15)12-6-3-2-4-7-12/h2-4,6-7,11,14H,5,8-10H2,1H3,(H,23,24)/t14-/m1/s1. The van der Waals surface area contributed by atoms with Crippen LogP contribution in [-0.4, -0.2) is 40.7 Å². The number of ether oxygens (including phenoxy) is 1. The Bertz CT molecular complexity index is 942. The van der Waals surface area contributed by atoms with E-state index in [1.54, 1.807) is 18.4 Å². The SMILES string of the molecule is COCc1nc(N2CCC[C@@H]2C(=O)O)c2c(-c3ccccc3)csc2n1. The minimum absolute atomic E-state index is 0.299. The normalized spacial score (nSPS) is 17.1. The number of thiophene rings is 1. The molecular weight excluding hydrogens is 350 g/mol. The molecule has 0 saturated carbocycles. The van der Waals surface area contributed by atoms with Gasteiger partial charge in [-0.15, -0.1) is 11.3 Å². The average Bonchev–Trinajstić information content (AvgIpc) is 3.29. The van der Waals surface area contributed by atoms with Gasteiger partial charge in [-0.25, -0.2) is 14.8 Å². The maximum absolute atomic E-state index is 11.7. The summed E-state index contributed by atoms with van der Waals surface area (Å²) < 4.78 is 5.20. The van der Waals surface area contributed by atoms with E-state index in [0.29, 0.717) is 31.2 Å². The highest BCUT2D eigenvalue weighted by molar-refractivity contribution is 7.17. The van der Waals surface area contributed by atoms with Crippen LogP contribution in [0.5, 0.6) is 0 Å². The molecule has 1 fully saturated rings. The van der Waals surface area contributed by atoms with Gasteiger partial charge < -0.3 is 14.7 Å². The molecule has 0 spiro atoms. The van der Waals surface area contributed by atoms with Gasteiger partial charge in [-0.1, -0.05) is 30.3 Å². The van der Waals surface area contributed by atoms with Gasteiger partial charge in [0.15, 0.2) is 5.82 Å². The van der Waals surface area contributed by atoms with Crippen molar-refractivity contribution in [3.05, 3.63) is 41.5 Å². The van der Waals surface area contributed by atoms with E-state index in [-0.39, 0.29) is 0 Å². The summed E-state index contributed by atoms with van der Waals surface area (Å²) in [6, 6.07) is 9.52. The maximum Gasteiger partial charge on any atom is 0.326 e. The highest BCUT2D eigenvalue weighted by Crippen LogP contribution is 2.40. The molecule has 6 nitrogen and oxygen atoms in total. The second-order valence-corrected chi connectivity index (χ2v) is 7.14. The number of hydrogen-bond donors (Lipinski definition) is 1. The molecule has 1 saturated heterocycles. The smallest absolute Gasteiger partial charge is 0.326 e. The summed E-state index contributed by atoms with van der Waals surface area (Å²) >= 11 is 1.55. The maximum atomic E-state index is 11.7. The first-order chi connectivity index (χ1) is 12.7. The van der Waals surface area contributed by atoms with Crippen molar-refractivity contribution in [2.24, 2.45) is 0 Å². The molecule has 4 rings (SSSR count). The quantitative estimate of drug-likeness (QED) is 0.741. The molecule has 134 valence electrons. The lowest BCUT2D eigenvalue weighted by molar-refractivity contribution is -0.138. The molecular formula is C19H19N3O3S. The van der Waals surface area contributed by atoms with E-state index in [0.717, 1.165) is 27.8 Å². The highest BCUT2D eigenvalue weighted by atomic mass is 32.1. The molecule has 2 aromatic heterocycles. The summed E-state index contributed by atoms with van der Waals surface area (Å²) in [5, 5.41) is 12.6. The molecule has 1 aromatic carbocycles. The molecule has 0 amide bonds. The van der Waals surface area contributed by atoms with Crippen molar-refractivity contribution in [1.82, 2.24) is 9.97 Å². The van der Waals surface area contributed by atoms with Gasteiger partial charge in [0.2, 0.25) is 0 Å². The number of aliphatic carboxylic acids is 1. The first kappa shape index (κ1) is 16.9. The van der Waals surface area contributed by atoms with Crippen LogP contribution < -0.4 is 4.90 Å². The van der Waals surface area contributed by atoms with E-state index in [1.807, 2.05) is 35.2 Å². The molecule has 0 radical (unpaired) electrons.